The highest BCUT2D eigenvalue weighted by molar-refractivity contribution is 14.0. The summed E-state index contributed by atoms with van der Waals surface area (Å²) in [6.45, 7) is 0.836. The van der Waals surface area contributed by atoms with Gasteiger partial charge in [-0.1, -0.05) is 0 Å². The van der Waals surface area contributed by atoms with E-state index in [1.165, 1.54) is 4.90 Å². The van der Waals surface area contributed by atoms with Crippen LogP contribution in [0.5, 0.6) is 0 Å². The SMILES string of the molecule is CN(C)C(=O)CN=C(NCCCCC(F)(F)F)NCCc1ccco1.I. The summed E-state index contributed by atoms with van der Waals surface area (Å²) in [6, 6.07) is 3.64. The number of unbranched alkanes of at least 4 members (excludes halogenated alkanes) is 1. The average molecular weight is 490 g/mol. The van der Waals surface area contributed by atoms with E-state index < -0.39 is 12.6 Å². The third-order valence-electron chi connectivity index (χ3n) is 3.29. The number of guanidine groups is 1. The molecule has 0 atom stereocenters. The number of rotatable bonds is 9. The third kappa shape index (κ3) is 12.0. The number of hydrogen-bond acceptors (Lipinski definition) is 3. The second kappa shape index (κ2) is 12.8. The van der Waals surface area contributed by atoms with Gasteiger partial charge in [0.25, 0.3) is 0 Å². The van der Waals surface area contributed by atoms with Crippen molar-refractivity contribution in [3.8, 4) is 0 Å². The third-order valence-corrected chi connectivity index (χ3v) is 3.29. The molecule has 0 aliphatic heterocycles. The zero-order valence-electron chi connectivity index (χ0n) is 14.9. The Morgan fingerprint density at radius 2 is 1.92 bits per heavy atom. The quantitative estimate of drug-likeness (QED) is 0.242. The molecule has 6 nitrogen and oxygen atoms in total. The number of halogens is 4. The standard InChI is InChI=1S/C16H25F3N4O2.HI/c1-23(2)14(24)12-22-15(20-9-4-3-8-16(17,18)19)21-10-7-13-6-5-11-25-13;/h5-6,11H,3-4,7-10,12H2,1-2H3,(H2,20,21,22);1H. The molecule has 0 aliphatic carbocycles. The van der Waals surface area contributed by atoms with Gasteiger partial charge in [-0.05, 0) is 25.0 Å². The maximum absolute atomic E-state index is 12.1. The Bertz CT molecular complexity index is 534. The summed E-state index contributed by atoms with van der Waals surface area (Å²) < 4.78 is 41.6. The van der Waals surface area contributed by atoms with Gasteiger partial charge in [-0.2, -0.15) is 13.2 Å². The molecule has 1 amide bonds. The van der Waals surface area contributed by atoms with Crippen LogP contribution in [0.1, 0.15) is 25.0 Å². The Hall–Kier alpha value is -1.46. The van der Waals surface area contributed by atoms with Gasteiger partial charge in [-0.3, -0.25) is 4.79 Å². The Morgan fingerprint density at radius 3 is 2.50 bits per heavy atom. The summed E-state index contributed by atoms with van der Waals surface area (Å²) in [5, 5.41) is 6.00. The van der Waals surface area contributed by atoms with Crippen LogP contribution < -0.4 is 10.6 Å². The maximum atomic E-state index is 12.1. The van der Waals surface area contributed by atoms with E-state index in [0.717, 1.165) is 5.76 Å². The smallest absolute Gasteiger partial charge is 0.389 e. The lowest BCUT2D eigenvalue weighted by Gasteiger charge is -2.13. The minimum Gasteiger partial charge on any atom is -0.469 e. The molecule has 150 valence electrons. The van der Waals surface area contributed by atoms with Crippen molar-refractivity contribution in [3.63, 3.8) is 0 Å². The Balaban J connectivity index is 0.00000625. The highest BCUT2D eigenvalue weighted by Gasteiger charge is 2.25. The van der Waals surface area contributed by atoms with Gasteiger partial charge in [0, 0.05) is 40.0 Å². The Labute approximate surface area is 168 Å². The van der Waals surface area contributed by atoms with Crippen molar-refractivity contribution in [1.29, 1.82) is 0 Å². The number of hydrogen-bond donors (Lipinski definition) is 2. The Morgan fingerprint density at radius 1 is 1.23 bits per heavy atom. The largest absolute Gasteiger partial charge is 0.469 e. The molecule has 1 aromatic rings. The molecular weight excluding hydrogens is 464 g/mol. The molecule has 1 rings (SSSR count). The monoisotopic (exact) mass is 490 g/mol. The fourth-order valence-corrected chi connectivity index (χ4v) is 1.88. The van der Waals surface area contributed by atoms with Crippen molar-refractivity contribution in [3.05, 3.63) is 24.2 Å². The number of furan rings is 1. The molecule has 10 heteroatoms. The van der Waals surface area contributed by atoms with Crippen molar-refractivity contribution in [2.24, 2.45) is 4.99 Å². The number of nitrogens with zero attached hydrogens (tertiary/aromatic N) is 2. The van der Waals surface area contributed by atoms with Gasteiger partial charge in [0.2, 0.25) is 5.91 Å². The first kappa shape index (κ1) is 24.5. The number of likely N-dealkylation sites (N-methyl/N-ethyl adjacent to an activating group) is 1. The summed E-state index contributed by atoms with van der Waals surface area (Å²) in [6.07, 6.45) is -2.31. The summed E-state index contributed by atoms with van der Waals surface area (Å²) >= 11 is 0. The van der Waals surface area contributed by atoms with Gasteiger partial charge in [0.15, 0.2) is 5.96 Å². The molecule has 0 bridgehead atoms. The van der Waals surface area contributed by atoms with Crippen LogP contribution in [0.15, 0.2) is 27.8 Å². The van der Waals surface area contributed by atoms with Crippen LogP contribution in [0, 0.1) is 0 Å². The van der Waals surface area contributed by atoms with Crippen LogP contribution in [-0.2, 0) is 11.2 Å². The average Bonchev–Trinajstić information content (AvgIpc) is 3.03. The van der Waals surface area contributed by atoms with E-state index >= 15 is 0 Å². The van der Waals surface area contributed by atoms with Crippen molar-refractivity contribution < 1.29 is 22.4 Å². The van der Waals surface area contributed by atoms with Crippen molar-refractivity contribution >= 4 is 35.8 Å². The number of aliphatic imine (C=N–C) groups is 1. The lowest BCUT2D eigenvalue weighted by Crippen LogP contribution is -2.40. The van der Waals surface area contributed by atoms with Gasteiger partial charge >= 0.3 is 6.18 Å². The second-order valence-corrected chi connectivity index (χ2v) is 5.71. The van der Waals surface area contributed by atoms with E-state index in [1.54, 1.807) is 26.4 Å². The summed E-state index contributed by atoms with van der Waals surface area (Å²) in [7, 11) is 3.26. The topological polar surface area (TPSA) is 69.9 Å². The molecule has 0 radical (unpaired) electrons. The van der Waals surface area contributed by atoms with E-state index in [9.17, 15) is 18.0 Å². The summed E-state index contributed by atoms with van der Waals surface area (Å²) in [4.78, 5) is 17.2. The van der Waals surface area contributed by atoms with Crippen molar-refractivity contribution in [2.75, 3.05) is 33.7 Å². The molecule has 0 unspecified atom stereocenters. The van der Waals surface area contributed by atoms with Crippen LogP contribution in [-0.4, -0.2) is 56.7 Å². The molecule has 0 fully saturated rings. The minimum atomic E-state index is -4.13. The molecule has 0 saturated carbocycles. The highest BCUT2D eigenvalue weighted by Crippen LogP contribution is 2.21. The number of carbonyl (C=O) groups is 1. The molecule has 0 aromatic carbocycles. The fraction of sp³-hybridized carbons (Fsp3) is 0.625. The van der Waals surface area contributed by atoms with Crippen LogP contribution in [0.25, 0.3) is 0 Å². The lowest BCUT2D eigenvalue weighted by atomic mass is 10.2. The van der Waals surface area contributed by atoms with Crippen LogP contribution in [0.3, 0.4) is 0 Å². The summed E-state index contributed by atoms with van der Waals surface area (Å²) in [5.74, 6) is 1.04. The van der Waals surface area contributed by atoms with E-state index in [-0.39, 0.29) is 42.8 Å². The summed E-state index contributed by atoms with van der Waals surface area (Å²) in [5.41, 5.74) is 0. The van der Waals surface area contributed by atoms with Gasteiger partial charge in [0.05, 0.1) is 6.26 Å². The van der Waals surface area contributed by atoms with Gasteiger partial charge < -0.3 is 20.0 Å². The molecule has 0 spiro atoms. The minimum absolute atomic E-state index is 0. The molecule has 2 N–H and O–H groups in total. The number of alkyl halides is 3. The molecule has 1 heterocycles. The first-order valence-electron chi connectivity index (χ1n) is 8.09. The van der Waals surface area contributed by atoms with E-state index in [1.807, 2.05) is 6.07 Å². The first-order valence-corrected chi connectivity index (χ1v) is 8.09. The molecule has 26 heavy (non-hydrogen) atoms. The maximum Gasteiger partial charge on any atom is 0.389 e. The predicted octanol–water partition coefficient (Wildman–Crippen LogP) is 2.80. The zero-order chi connectivity index (χ0) is 18.7. The van der Waals surface area contributed by atoms with Gasteiger partial charge in [0.1, 0.15) is 12.3 Å². The molecular formula is C16H26F3IN4O2. The second-order valence-electron chi connectivity index (χ2n) is 5.71. The fourth-order valence-electron chi connectivity index (χ4n) is 1.88. The van der Waals surface area contributed by atoms with Crippen molar-refractivity contribution in [1.82, 2.24) is 15.5 Å². The van der Waals surface area contributed by atoms with Crippen LogP contribution >= 0.6 is 24.0 Å². The molecule has 0 saturated heterocycles. The van der Waals surface area contributed by atoms with E-state index in [2.05, 4.69) is 15.6 Å². The number of amides is 1. The van der Waals surface area contributed by atoms with Crippen LogP contribution in [0.2, 0.25) is 0 Å². The predicted molar refractivity (Wildman–Crippen MR) is 105 cm³/mol. The van der Waals surface area contributed by atoms with Gasteiger partial charge in [-0.15, -0.1) is 24.0 Å². The lowest BCUT2D eigenvalue weighted by molar-refractivity contribution is -0.135. The number of carbonyl (C=O) groups excluding carboxylic acids is 1. The molecule has 1 aromatic heterocycles. The highest BCUT2D eigenvalue weighted by atomic mass is 127. The van der Waals surface area contributed by atoms with E-state index in [0.29, 0.717) is 31.9 Å². The number of nitrogens with one attached hydrogen (secondary N) is 2. The Kier molecular flexibility index (Phi) is 12.1. The van der Waals surface area contributed by atoms with Crippen molar-refractivity contribution in [2.45, 2.75) is 31.9 Å². The first-order chi connectivity index (χ1) is 11.8. The van der Waals surface area contributed by atoms with Crippen LogP contribution in [0.4, 0.5) is 13.2 Å². The molecule has 0 aliphatic rings. The van der Waals surface area contributed by atoms with Gasteiger partial charge in [-0.25, -0.2) is 4.99 Å². The van der Waals surface area contributed by atoms with E-state index in [4.69, 9.17) is 4.42 Å². The normalized spacial score (nSPS) is 11.7. The zero-order valence-corrected chi connectivity index (χ0v) is 17.3.